The van der Waals surface area contributed by atoms with Crippen LogP contribution < -0.4 is 5.32 Å². The normalized spacial score (nSPS) is 16.0. The van der Waals surface area contributed by atoms with Gasteiger partial charge in [0.25, 0.3) is 0 Å². The number of benzene rings is 2. The highest BCUT2D eigenvalue weighted by atomic mass is 35.5. The van der Waals surface area contributed by atoms with Gasteiger partial charge in [-0.2, -0.15) is 0 Å². The molecule has 1 unspecified atom stereocenters. The lowest BCUT2D eigenvalue weighted by atomic mass is 10.0. The van der Waals surface area contributed by atoms with Gasteiger partial charge < -0.3 is 14.8 Å². The molecule has 1 aliphatic rings. The van der Waals surface area contributed by atoms with Gasteiger partial charge in [-0.05, 0) is 82.9 Å². The Labute approximate surface area is 205 Å². The van der Waals surface area contributed by atoms with E-state index in [-0.39, 0.29) is 11.9 Å². The molecule has 1 aliphatic heterocycles. The molecule has 34 heavy (non-hydrogen) atoms. The highest BCUT2D eigenvalue weighted by Crippen LogP contribution is 2.31. The summed E-state index contributed by atoms with van der Waals surface area (Å²) in [5.74, 6) is -0.653. The van der Waals surface area contributed by atoms with E-state index in [1.54, 1.807) is 70.2 Å². The number of halogens is 1. The second-order valence-corrected chi connectivity index (χ2v) is 9.57. The lowest BCUT2D eigenvalue weighted by Gasteiger charge is -2.35. The minimum Gasteiger partial charge on any atom is -0.462 e. The topological polar surface area (TPSA) is 84.9 Å². The predicted molar refractivity (Wildman–Crippen MR) is 132 cm³/mol. The molecule has 7 nitrogen and oxygen atoms in total. The van der Waals surface area contributed by atoms with Gasteiger partial charge in [0.15, 0.2) is 0 Å². The maximum absolute atomic E-state index is 13.1. The van der Waals surface area contributed by atoms with E-state index in [4.69, 9.17) is 21.1 Å². The fraction of sp³-hybridized carbons (Fsp3) is 0.423. The summed E-state index contributed by atoms with van der Waals surface area (Å²) in [6.45, 7) is 7.95. The number of carbonyl (C=O) groups excluding carboxylic acids is 3. The van der Waals surface area contributed by atoms with Gasteiger partial charge in [0, 0.05) is 22.8 Å². The third-order valence-corrected chi connectivity index (χ3v) is 5.70. The van der Waals surface area contributed by atoms with Crippen LogP contribution >= 0.6 is 11.6 Å². The number of anilines is 1. The third kappa shape index (κ3) is 6.50. The monoisotopic (exact) mass is 486 g/mol. The maximum Gasteiger partial charge on any atom is 0.410 e. The molecule has 1 fully saturated rings. The highest BCUT2D eigenvalue weighted by Gasteiger charge is 2.34. The Hall–Kier alpha value is -3.06. The fourth-order valence-corrected chi connectivity index (χ4v) is 4.02. The van der Waals surface area contributed by atoms with Crippen molar-refractivity contribution in [3.63, 3.8) is 0 Å². The SMILES string of the molecule is CCOC(=O)c1ccc(-c2cc(NC(=O)C3CCCCN3C(=O)OC(C)(C)C)ccc2Cl)cc1. The number of rotatable bonds is 5. The van der Waals surface area contributed by atoms with Crippen LogP contribution in [-0.2, 0) is 14.3 Å². The average Bonchev–Trinajstić information content (AvgIpc) is 2.79. The molecule has 0 spiro atoms. The summed E-state index contributed by atoms with van der Waals surface area (Å²) >= 11 is 6.42. The van der Waals surface area contributed by atoms with E-state index in [9.17, 15) is 14.4 Å². The molecular formula is C26H31ClN2O5. The Morgan fingerprint density at radius 1 is 1.09 bits per heavy atom. The molecule has 1 N–H and O–H groups in total. The van der Waals surface area contributed by atoms with Crippen molar-refractivity contribution in [1.82, 2.24) is 4.90 Å². The van der Waals surface area contributed by atoms with Crippen LogP contribution in [0.3, 0.4) is 0 Å². The van der Waals surface area contributed by atoms with E-state index >= 15 is 0 Å². The van der Waals surface area contributed by atoms with Crippen LogP contribution in [0.25, 0.3) is 11.1 Å². The fourth-order valence-electron chi connectivity index (χ4n) is 3.79. The van der Waals surface area contributed by atoms with Crippen molar-refractivity contribution >= 4 is 35.3 Å². The van der Waals surface area contributed by atoms with Crippen molar-refractivity contribution in [3.05, 3.63) is 53.1 Å². The van der Waals surface area contributed by atoms with Crippen molar-refractivity contribution in [1.29, 1.82) is 0 Å². The molecule has 0 aliphatic carbocycles. The summed E-state index contributed by atoms with van der Waals surface area (Å²) in [7, 11) is 0. The second-order valence-electron chi connectivity index (χ2n) is 9.17. The summed E-state index contributed by atoms with van der Waals surface area (Å²) in [5.41, 5.74) is 1.88. The van der Waals surface area contributed by atoms with E-state index in [0.717, 1.165) is 18.4 Å². The number of piperidine rings is 1. The Morgan fingerprint density at radius 3 is 2.44 bits per heavy atom. The van der Waals surface area contributed by atoms with Crippen molar-refractivity contribution < 1.29 is 23.9 Å². The molecule has 0 aromatic heterocycles. The lowest BCUT2D eigenvalue weighted by molar-refractivity contribution is -0.122. The Balaban J connectivity index is 1.77. The van der Waals surface area contributed by atoms with Gasteiger partial charge in [0.05, 0.1) is 12.2 Å². The number of ether oxygens (including phenoxy) is 2. The summed E-state index contributed by atoms with van der Waals surface area (Å²) in [5, 5.41) is 3.43. The van der Waals surface area contributed by atoms with Crippen LogP contribution in [0, 0.1) is 0 Å². The van der Waals surface area contributed by atoms with Crippen LogP contribution in [0.15, 0.2) is 42.5 Å². The lowest BCUT2D eigenvalue weighted by Crippen LogP contribution is -2.51. The molecule has 8 heteroatoms. The zero-order valence-corrected chi connectivity index (χ0v) is 20.8. The van der Waals surface area contributed by atoms with Gasteiger partial charge in [-0.25, -0.2) is 9.59 Å². The molecule has 182 valence electrons. The first kappa shape index (κ1) is 25.6. The highest BCUT2D eigenvalue weighted by molar-refractivity contribution is 6.33. The van der Waals surface area contributed by atoms with E-state index in [0.29, 0.717) is 41.4 Å². The van der Waals surface area contributed by atoms with Gasteiger partial charge in [-0.1, -0.05) is 23.7 Å². The van der Waals surface area contributed by atoms with Crippen LogP contribution in [0.1, 0.15) is 57.3 Å². The van der Waals surface area contributed by atoms with Gasteiger partial charge in [-0.15, -0.1) is 0 Å². The summed E-state index contributed by atoms with van der Waals surface area (Å²) < 4.78 is 10.5. The van der Waals surface area contributed by atoms with Gasteiger partial charge >= 0.3 is 12.1 Å². The van der Waals surface area contributed by atoms with E-state index in [1.807, 2.05) is 0 Å². The first-order valence-corrected chi connectivity index (χ1v) is 11.8. The van der Waals surface area contributed by atoms with Gasteiger partial charge in [0.2, 0.25) is 5.91 Å². The summed E-state index contributed by atoms with van der Waals surface area (Å²) in [6.07, 6.45) is 1.78. The van der Waals surface area contributed by atoms with Crippen molar-refractivity contribution in [2.24, 2.45) is 0 Å². The molecule has 1 saturated heterocycles. The molecule has 0 radical (unpaired) electrons. The maximum atomic E-state index is 13.1. The minimum atomic E-state index is -0.635. The van der Waals surface area contributed by atoms with Crippen LogP contribution in [0.4, 0.5) is 10.5 Å². The van der Waals surface area contributed by atoms with Crippen molar-refractivity contribution in [2.45, 2.75) is 58.6 Å². The number of amides is 2. The van der Waals surface area contributed by atoms with Crippen molar-refractivity contribution in [3.8, 4) is 11.1 Å². The molecule has 2 aromatic carbocycles. The molecule has 3 rings (SSSR count). The second kappa shape index (κ2) is 10.9. The zero-order chi connectivity index (χ0) is 24.9. The molecule has 0 saturated carbocycles. The Bertz CT molecular complexity index is 1050. The van der Waals surface area contributed by atoms with Crippen molar-refractivity contribution in [2.75, 3.05) is 18.5 Å². The predicted octanol–water partition coefficient (Wildman–Crippen LogP) is 5.91. The largest absolute Gasteiger partial charge is 0.462 e. The summed E-state index contributed by atoms with van der Waals surface area (Å²) in [6, 6.07) is 11.5. The average molecular weight is 487 g/mol. The van der Waals surface area contributed by atoms with Crippen LogP contribution in [0.5, 0.6) is 0 Å². The molecule has 1 heterocycles. The smallest absolute Gasteiger partial charge is 0.410 e. The van der Waals surface area contributed by atoms with Gasteiger partial charge in [-0.3, -0.25) is 9.69 Å². The third-order valence-electron chi connectivity index (χ3n) is 5.37. The number of hydrogen-bond donors (Lipinski definition) is 1. The number of esters is 1. The number of hydrogen-bond acceptors (Lipinski definition) is 5. The molecule has 1 atom stereocenters. The van der Waals surface area contributed by atoms with E-state index in [1.165, 1.54) is 4.90 Å². The Kier molecular flexibility index (Phi) is 8.20. The molecule has 2 amide bonds. The quantitative estimate of drug-likeness (QED) is 0.531. The first-order chi connectivity index (χ1) is 16.1. The standard InChI is InChI=1S/C26H31ClN2O5/c1-5-33-24(31)18-11-9-17(10-12-18)20-16-19(13-14-21(20)27)28-23(30)22-8-6-7-15-29(22)25(32)34-26(2,3)4/h9-14,16,22H,5-8,15H2,1-4H3,(H,28,30). The van der Waals surface area contributed by atoms with Gasteiger partial charge in [0.1, 0.15) is 11.6 Å². The number of carbonyl (C=O) groups is 3. The van der Waals surface area contributed by atoms with E-state index in [2.05, 4.69) is 5.32 Å². The molecule has 0 bridgehead atoms. The Morgan fingerprint density at radius 2 is 1.79 bits per heavy atom. The first-order valence-electron chi connectivity index (χ1n) is 11.5. The zero-order valence-electron chi connectivity index (χ0n) is 20.0. The minimum absolute atomic E-state index is 0.267. The van der Waals surface area contributed by atoms with Crippen LogP contribution in [-0.4, -0.2) is 47.7 Å². The number of nitrogens with one attached hydrogen (secondary N) is 1. The number of nitrogens with zero attached hydrogens (tertiary/aromatic N) is 1. The van der Waals surface area contributed by atoms with E-state index < -0.39 is 17.7 Å². The van der Waals surface area contributed by atoms with Crippen LogP contribution in [0.2, 0.25) is 5.02 Å². The molecular weight excluding hydrogens is 456 g/mol. The summed E-state index contributed by atoms with van der Waals surface area (Å²) in [4.78, 5) is 39.2. The molecule has 2 aromatic rings. The number of likely N-dealkylation sites (tertiary alicyclic amines) is 1.